The average molecular weight is 312 g/mol. The fourth-order valence-corrected chi connectivity index (χ4v) is 2.55. The third-order valence-electron chi connectivity index (χ3n) is 3.55. The third-order valence-corrected chi connectivity index (χ3v) is 3.55. The van der Waals surface area contributed by atoms with Crippen LogP contribution in [0.2, 0.25) is 0 Å². The number of carbonyl (C=O) groups excluding carboxylic acids is 1. The first kappa shape index (κ1) is 15.5. The smallest absolute Gasteiger partial charge is 0.254 e. The first-order chi connectivity index (χ1) is 9.54. The van der Waals surface area contributed by atoms with Crippen molar-refractivity contribution in [3.63, 3.8) is 0 Å². The van der Waals surface area contributed by atoms with Gasteiger partial charge in [0.1, 0.15) is 5.82 Å². The summed E-state index contributed by atoms with van der Waals surface area (Å²) >= 11 is 0. The van der Waals surface area contributed by atoms with Crippen LogP contribution in [0.3, 0.4) is 0 Å². The molecule has 1 aliphatic heterocycles. The Morgan fingerprint density at radius 1 is 1.38 bits per heavy atom. The average Bonchev–Trinajstić information content (AvgIpc) is 2.83. The Bertz CT molecular complexity index is 747. The minimum absolute atomic E-state index is 0. The molecule has 1 fully saturated rings. The van der Waals surface area contributed by atoms with Crippen molar-refractivity contribution >= 4 is 29.2 Å². The molecule has 0 spiro atoms. The van der Waals surface area contributed by atoms with Crippen LogP contribution in [0, 0.1) is 5.82 Å². The summed E-state index contributed by atoms with van der Waals surface area (Å²) in [6.07, 6.45) is 0.751. The number of aromatic amines is 1. The van der Waals surface area contributed by atoms with Crippen LogP contribution in [-0.4, -0.2) is 34.9 Å². The number of hydrogen-bond donors (Lipinski definition) is 2. The summed E-state index contributed by atoms with van der Waals surface area (Å²) in [4.78, 5) is 28.3. The molecule has 5 nitrogen and oxygen atoms in total. The van der Waals surface area contributed by atoms with E-state index in [9.17, 15) is 14.0 Å². The fraction of sp³-hybridized carbons (Fsp3) is 0.286. The second kappa shape index (κ2) is 5.83. The summed E-state index contributed by atoms with van der Waals surface area (Å²) in [6, 6.07) is 5.22. The normalized spacial score (nSPS) is 17.8. The minimum atomic E-state index is -0.457. The number of amides is 1. The highest BCUT2D eigenvalue weighted by Gasteiger charge is 2.26. The van der Waals surface area contributed by atoms with E-state index in [0.717, 1.165) is 6.42 Å². The van der Waals surface area contributed by atoms with Gasteiger partial charge in [0.25, 0.3) is 5.91 Å². The summed E-state index contributed by atoms with van der Waals surface area (Å²) < 4.78 is 13.2. The van der Waals surface area contributed by atoms with E-state index in [1.807, 2.05) is 0 Å². The Morgan fingerprint density at radius 3 is 2.81 bits per heavy atom. The SMILES string of the molecule is Cl.N[C@@H]1CCN(C(=O)c2cc(=O)[nH]c3cc(F)ccc23)C1. The largest absolute Gasteiger partial charge is 0.337 e. The number of carbonyl (C=O) groups is 1. The van der Waals surface area contributed by atoms with Gasteiger partial charge in [-0.15, -0.1) is 12.4 Å². The van der Waals surface area contributed by atoms with E-state index >= 15 is 0 Å². The van der Waals surface area contributed by atoms with Gasteiger partial charge >= 0.3 is 0 Å². The molecular weight excluding hydrogens is 297 g/mol. The Morgan fingerprint density at radius 2 is 2.14 bits per heavy atom. The molecule has 0 unspecified atom stereocenters. The van der Waals surface area contributed by atoms with Gasteiger partial charge < -0.3 is 15.6 Å². The van der Waals surface area contributed by atoms with Gasteiger partial charge in [0.05, 0.1) is 11.1 Å². The number of halogens is 2. The number of nitrogens with one attached hydrogen (secondary N) is 1. The quantitative estimate of drug-likeness (QED) is 0.832. The van der Waals surface area contributed by atoms with Crippen molar-refractivity contribution in [2.45, 2.75) is 12.5 Å². The minimum Gasteiger partial charge on any atom is -0.337 e. The lowest BCUT2D eigenvalue weighted by Gasteiger charge is -2.16. The molecule has 112 valence electrons. The van der Waals surface area contributed by atoms with E-state index in [2.05, 4.69) is 4.98 Å². The number of pyridine rings is 1. The van der Waals surface area contributed by atoms with Gasteiger partial charge in [-0.3, -0.25) is 9.59 Å². The van der Waals surface area contributed by atoms with E-state index in [1.165, 1.54) is 24.3 Å². The van der Waals surface area contributed by atoms with E-state index < -0.39 is 11.4 Å². The molecule has 1 aliphatic rings. The van der Waals surface area contributed by atoms with Gasteiger partial charge in [0.2, 0.25) is 5.56 Å². The maximum Gasteiger partial charge on any atom is 0.254 e. The summed E-state index contributed by atoms with van der Waals surface area (Å²) in [7, 11) is 0. The zero-order valence-corrected chi connectivity index (χ0v) is 12.0. The molecule has 1 aromatic heterocycles. The highest BCUT2D eigenvalue weighted by atomic mass is 35.5. The van der Waals surface area contributed by atoms with Crippen molar-refractivity contribution in [1.29, 1.82) is 0 Å². The summed E-state index contributed by atoms with van der Waals surface area (Å²) in [6.45, 7) is 1.06. The number of fused-ring (bicyclic) bond motifs is 1. The predicted molar refractivity (Wildman–Crippen MR) is 80.3 cm³/mol. The van der Waals surface area contributed by atoms with Crippen LogP contribution in [0.5, 0.6) is 0 Å². The van der Waals surface area contributed by atoms with Gasteiger partial charge in [0, 0.05) is 30.6 Å². The molecule has 0 saturated carbocycles. The highest BCUT2D eigenvalue weighted by Crippen LogP contribution is 2.20. The van der Waals surface area contributed by atoms with Crippen LogP contribution >= 0.6 is 12.4 Å². The molecule has 1 atom stereocenters. The lowest BCUT2D eigenvalue weighted by molar-refractivity contribution is 0.0792. The second-order valence-electron chi connectivity index (χ2n) is 5.04. The number of benzene rings is 1. The number of nitrogens with two attached hydrogens (primary N) is 1. The maximum atomic E-state index is 13.2. The molecule has 1 aromatic carbocycles. The number of rotatable bonds is 1. The molecule has 2 heterocycles. The van der Waals surface area contributed by atoms with E-state index in [0.29, 0.717) is 24.0 Å². The van der Waals surface area contributed by atoms with Crippen molar-refractivity contribution in [2.75, 3.05) is 13.1 Å². The number of nitrogens with zero attached hydrogens (tertiary/aromatic N) is 1. The number of hydrogen-bond acceptors (Lipinski definition) is 3. The molecule has 1 amide bonds. The summed E-state index contributed by atoms with van der Waals surface area (Å²) in [5, 5.41) is 0.538. The highest BCUT2D eigenvalue weighted by molar-refractivity contribution is 6.06. The molecule has 21 heavy (non-hydrogen) atoms. The zero-order chi connectivity index (χ0) is 14.3. The summed E-state index contributed by atoms with van der Waals surface area (Å²) in [5.41, 5.74) is 5.98. The zero-order valence-electron chi connectivity index (χ0n) is 11.1. The predicted octanol–water partition coefficient (Wildman–Crippen LogP) is 1.26. The third kappa shape index (κ3) is 2.91. The van der Waals surface area contributed by atoms with Crippen LogP contribution in [0.25, 0.3) is 10.9 Å². The second-order valence-corrected chi connectivity index (χ2v) is 5.04. The van der Waals surface area contributed by atoms with Crippen molar-refractivity contribution in [1.82, 2.24) is 9.88 Å². The molecule has 1 saturated heterocycles. The van der Waals surface area contributed by atoms with Gasteiger partial charge in [-0.05, 0) is 24.6 Å². The van der Waals surface area contributed by atoms with Crippen molar-refractivity contribution < 1.29 is 9.18 Å². The van der Waals surface area contributed by atoms with E-state index in [4.69, 9.17) is 5.73 Å². The lowest BCUT2D eigenvalue weighted by Crippen LogP contribution is -2.32. The number of H-pyrrole nitrogens is 1. The van der Waals surface area contributed by atoms with Crippen LogP contribution in [0.4, 0.5) is 4.39 Å². The van der Waals surface area contributed by atoms with Crippen molar-refractivity contribution in [2.24, 2.45) is 5.73 Å². The molecule has 3 rings (SSSR count). The molecule has 0 radical (unpaired) electrons. The fourth-order valence-electron chi connectivity index (χ4n) is 2.55. The Labute approximate surface area is 126 Å². The topological polar surface area (TPSA) is 79.2 Å². The monoisotopic (exact) mass is 311 g/mol. The van der Waals surface area contributed by atoms with Crippen LogP contribution < -0.4 is 11.3 Å². The molecular formula is C14H15ClFN3O2. The first-order valence-electron chi connectivity index (χ1n) is 6.42. The van der Waals surface area contributed by atoms with Crippen LogP contribution in [-0.2, 0) is 0 Å². The molecule has 0 bridgehead atoms. The standard InChI is InChI=1S/C14H14FN3O2.ClH/c15-8-1-2-10-11(6-13(19)17-12(10)5-8)14(20)18-4-3-9(16)7-18;/h1-2,5-6,9H,3-4,7,16H2,(H,17,19);1H/t9-;/m1./s1. The molecule has 3 N–H and O–H groups in total. The van der Waals surface area contributed by atoms with Crippen molar-refractivity contribution in [3.8, 4) is 0 Å². The van der Waals surface area contributed by atoms with Crippen molar-refractivity contribution in [3.05, 3.63) is 46.0 Å². The van der Waals surface area contributed by atoms with Gasteiger partial charge in [0.15, 0.2) is 0 Å². The molecule has 0 aliphatic carbocycles. The Balaban J connectivity index is 0.00000161. The maximum absolute atomic E-state index is 13.2. The van der Waals surface area contributed by atoms with E-state index in [-0.39, 0.29) is 29.9 Å². The molecule has 2 aromatic rings. The number of likely N-dealkylation sites (tertiary alicyclic amines) is 1. The van der Waals surface area contributed by atoms with Gasteiger partial charge in [-0.1, -0.05) is 0 Å². The van der Waals surface area contributed by atoms with E-state index in [1.54, 1.807) is 4.90 Å². The van der Waals surface area contributed by atoms with Crippen LogP contribution in [0.1, 0.15) is 16.8 Å². The molecule has 7 heteroatoms. The summed E-state index contributed by atoms with van der Waals surface area (Å²) in [5.74, 6) is -0.693. The Hall–Kier alpha value is -1.92. The lowest BCUT2D eigenvalue weighted by atomic mass is 10.1. The number of aromatic nitrogens is 1. The van der Waals surface area contributed by atoms with Gasteiger partial charge in [-0.2, -0.15) is 0 Å². The first-order valence-corrected chi connectivity index (χ1v) is 6.42. The van der Waals surface area contributed by atoms with Gasteiger partial charge in [-0.25, -0.2) is 4.39 Å². The van der Waals surface area contributed by atoms with Crippen LogP contribution in [0.15, 0.2) is 29.1 Å². The Kier molecular flexibility index (Phi) is 4.29.